The largest absolute Gasteiger partial charge is 0.354 e. The molecule has 1 saturated heterocycles. The van der Waals surface area contributed by atoms with Crippen LogP contribution in [0.4, 0.5) is 0 Å². The van der Waals surface area contributed by atoms with Gasteiger partial charge in [-0.1, -0.05) is 18.2 Å². The number of likely N-dealkylation sites (tertiary alicyclic amines) is 1. The monoisotopic (exact) mass is 409 g/mol. The van der Waals surface area contributed by atoms with Crippen LogP contribution in [0, 0.1) is 12.8 Å². The first kappa shape index (κ1) is 19.7. The first-order chi connectivity index (χ1) is 13.9. The van der Waals surface area contributed by atoms with E-state index in [1.807, 2.05) is 43.0 Å². The number of nitrogens with one attached hydrogen (secondary N) is 1. The normalized spacial score (nSPS) is 15.2. The molecule has 0 radical (unpaired) electrons. The molecule has 3 heterocycles. The number of aromatic nitrogens is 1. The number of carbonyl (C=O) groups is 2. The summed E-state index contributed by atoms with van der Waals surface area (Å²) in [5.41, 5.74) is 2.31. The Hall–Kier alpha value is -2.60. The maximum Gasteiger partial charge on any atom is 0.263 e. The van der Waals surface area contributed by atoms with Gasteiger partial charge < -0.3 is 14.8 Å². The van der Waals surface area contributed by atoms with Crippen LogP contribution in [-0.2, 0) is 4.79 Å². The molecule has 2 aromatic heterocycles. The molecule has 0 bridgehead atoms. The van der Waals surface area contributed by atoms with E-state index in [4.69, 9.17) is 0 Å². The molecule has 1 aliphatic heterocycles. The molecule has 0 spiro atoms. The van der Waals surface area contributed by atoms with Crippen molar-refractivity contribution >= 4 is 34.1 Å². The van der Waals surface area contributed by atoms with E-state index in [1.165, 1.54) is 16.7 Å². The highest BCUT2D eigenvalue weighted by molar-refractivity contribution is 7.16. The molecule has 6 heteroatoms. The molecule has 0 aliphatic carbocycles. The topological polar surface area (TPSA) is 54.3 Å². The van der Waals surface area contributed by atoms with E-state index in [0.29, 0.717) is 13.1 Å². The summed E-state index contributed by atoms with van der Waals surface area (Å²) >= 11 is 1.53. The van der Waals surface area contributed by atoms with Crippen LogP contribution in [0.1, 0.15) is 42.1 Å². The third-order valence-corrected chi connectivity index (χ3v) is 6.56. The maximum absolute atomic E-state index is 13.0. The molecule has 4 rings (SSSR count). The molecule has 1 aromatic carbocycles. The number of aryl methyl sites for hydroxylation is 1. The molecule has 1 aliphatic rings. The van der Waals surface area contributed by atoms with E-state index in [2.05, 4.69) is 35.0 Å². The fraction of sp³-hybridized carbons (Fsp3) is 0.391. The Morgan fingerprint density at radius 3 is 2.55 bits per heavy atom. The number of para-hydroxylation sites is 1. The molecule has 3 aromatic rings. The zero-order chi connectivity index (χ0) is 20.5. The van der Waals surface area contributed by atoms with Crippen molar-refractivity contribution in [2.24, 2.45) is 5.92 Å². The minimum absolute atomic E-state index is 0.00855. The number of rotatable bonds is 4. The van der Waals surface area contributed by atoms with Crippen molar-refractivity contribution in [2.75, 3.05) is 13.1 Å². The number of fused-ring (bicyclic) bond motifs is 1. The summed E-state index contributed by atoms with van der Waals surface area (Å²) in [5, 5.41) is 5.24. The lowest BCUT2D eigenvalue weighted by Gasteiger charge is -2.31. The van der Waals surface area contributed by atoms with Crippen molar-refractivity contribution < 1.29 is 9.59 Å². The number of hydrogen-bond donors (Lipinski definition) is 1. The highest BCUT2D eigenvalue weighted by Gasteiger charge is 2.28. The van der Waals surface area contributed by atoms with Crippen LogP contribution >= 0.6 is 11.3 Å². The van der Waals surface area contributed by atoms with Crippen LogP contribution < -0.4 is 5.32 Å². The predicted octanol–water partition coefficient (Wildman–Crippen LogP) is 4.38. The molecule has 0 unspecified atom stereocenters. The van der Waals surface area contributed by atoms with Gasteiger partial charge in [0.25, 0.3) is 5.91 Å². The van der Waals surface area contributed by atoms with Crippen LogP contribution in [0.2, 0.25) is 0 Å². The van der Waals surface area contributed by atoms with Gasteiger partial charge in [0.1, 0.15) is 5.00 Å². The average Bonchev–Trinajstić information content (AvgIpc) is 3.30. The van der Waals surface area contributed by atoms with E-state index in [0.717, 1.165) is 33.9 Å². The average molecular weight is 410 g/mol. The van der Waals surface area contributed by atoms with Gasteiger partial charge in [0.15, 0.2) is 0 Å². The van der Waals surface area contributed by atoms with Crippen LogP contribution in [0.5, 0.6) is 0 Å². The molecule has 29 heavy (non-hydrogen) atoms. The summed E-state index contributed by atoms with van der Waals surface area (Å²) in [6.45, 7) is 7.30. The van der Waals surface area contributed by atoms with Gasteiger partial charge in [-0.05, 0) is 57.9 Å². The summed E-state index contributed by atoms with van der Waals surface area (Å²) in [5.74, 6) is 0.188. The van der Waals surface area contributed by atoms with Gasteiger partial charge in [-0.2, -0.15) is 0 Å². The fourth-order valence-corrected chi connectivity index (χ4v) is 5.10. The third kappa shape index (κ3) is 3.94. The summed E-state index contributed by atoms with van der Waals surface area (Å²) in [4.78, 5) is 27.9. The Labute approximate surface area is 175 Å². The molecular weight excluding hydrogens is 382 g/mol. The van der Waals surface area contributed by atoms with Crippen LogP contribution in [0.3, 0.4) is 0 Å². The SMILES string of the molecule is Cc1cc2ccccc2n1-c1ccc(C(=O)N2CCC(C(=O)NC(C)C)CC2)s1. The number of piperidine rings is 1. The quantitative estimate of drug-likeness (QED) is 0.695. The standard InChI is InChI=1S/C23H27N3O2S/c1-15(2)24-22(27)17-10-12-25(13-11-17)23(28)20-8-9-21(29-20)26-16(3)14-18-6-4-5-7-19(18)26/h4-9,14-15,17H,10-13H2,1-3H3,(H,24,27). The van der Waals surface area contributed by atoms with Crippen LogP contribution in [0.25, 0.3) is 15.9 Å². The second kappa shape index (κ2) is 8.03. The van der Waals surface area contributed by atoms with Crippen LogP contribution in [-0.4, -0.2) is 40.4 Å². The lowest BCUT2D eigenvalue weighted by Crippen LogP contribution is -2.44. The molecule has 0 saturated carbocycles. The van der Waals surface area contributed by atoms with E-state index in [-0.39, 0.29) is 23.8 Å². The zero-order valence-electron chi connectivity index (χ0n) is 17.1. The maximum atomic E-state index is 13.0. The number of carbonyl (C=O) groups excluding carboxylic acids is 2. The molecule has 0 atom stereocenters. The summed E-state index contributed by atoms with van der Waals surface area (Å²) in [6, 6.07) is 14.6. The minimum atomic E-state index is 0.00855. The number of hydrogen-bond acceptors (Lipinski definition) is 3. The highest BCUT2D eigenvalue weighted by Crippen LogP contribution is 2.30. The van der Waals surface area contributed by atoms with Gasteiger partial charge >= 0.3 is 0 Å². The van der Waals surface area contributed by atoms with Crippen molar-refractivity contribution in [3.8, 4) is 5.00 Å². The van der Waals surface area contributed by atoms with Gasteiger partial charge in [0.05, 0.1) is 10.4 Å². The Morgan fingerprint density at radius 2 is 1.83 bits per heavy atom. The van der Waals surface area contributed by atoms with E-state index >= 15 is 0 Å². The minimum Gasteiger partial charge on any atom is -0.354 e. The number of amides is 2. The highest BCUT2D eigenvalue weighted by atomic mass is 32.1. The van der Waals surface area contributed by atoms with E-state index in [1.54, 1.807) is 0 Å². The van der Waals surface area contributed by atoms with E-state index in [9.17, 15) is 9.59 Å². The molecule has 1 N–H and O–H groups in total. The molecule has 152 valence electrons. The summed E-state index contributed by atoms with van der Waals surface area (Å²) in [6.07, 6.45) is 1.45. The predicted molar refractivity (Wildman–Crippen MR) is 118 cm³/mol. The molecule has 1 fully saturated rings. The summed E-state index contributed by atoms with van der Waals surface area (Å²) < 4.78 is 2.21. The summed E-state index contributed by atoms with van der Waals surface area (Å²) in [7, 11) is 0. The Bertz CT molecular complexity index is 1040. The number of thiophene rings is 1. The molecule has 2 amide bonds. The number of benzene rings is 1. The van der Waals surface area contributed by atoms with Gasteiger partial charge in [0.2, 0.25) is 5.91 Å². The number of nitrogens with zero attached hydrogens (tertiary/aromatic N) is 2. The molecular formula is C23H27N3O2S. The van der Waals surface area contributed by atoms with Crippen molar-refractivity contribution in [1.82, 2.24) is 14.8 Å². The first-order valence-corrected chi connectivity index (χ1v) is 11.0. The Balaban J connectivity index is 1.47. The van der Waals surface area contributed by atoms with E-state index < -0.39 is 0 Å². The van der Waals surface area contributed by atoms with Crippen molar-refractivity contribution in [3.63, 3.8) is 0 Å². The van der Waals surface area contributed by atoms with Gasteiger partial charge in [0, 0.05) is 36.1 Å². The zero-order valence-corrected chi connectivity index (χ0v) is 18.0. The van der Waals surface area contributed by atoms with Gasteiger partial charge in [-0.15, -0.1) is 11.3 Å². The van der Waals surface area contributed by atoms with Crippen LogP contribution in [0.15, 0.2) is 42.5 Å². The smallest absolute Gasteiger partial charge is 0.263 e. The van der Waals surface area contributed by atoms with Gasteiger partial charge in [-0.25, -0.2) is 0 Å². The van der Waals surface area contributed by atoms with Crippen molar-refractivity contribution in [3.05, 3.63) is 53.0 Å². The van der Waals surface area contributed by atoms with Crippen molar-refractivity contribution in [2.45, 2.75) is 39.7 Å². The second-order valence-electron chi connectivity index (χ2n) is 8.05. The van der Waals surface area contributed by atoms with Gasteiger partial charge in [-0.3, -0.25) is 9.59 Å². The Kier molecular flexibility index (Phi) is 5.46. The second-order valence-corrected chi connectivity index (χ2v) is 9.11. The lowest BCUT2D eigenvalue weighted by molar-refractivity contribution is -0.126. The fourth-order valence-electron chi connectivity index (χ4n) is 4.05. The third-order valence-electron chi connectivity index (χ3n) is 5.50. The lowest BCUT2D eigenvalue weighted by atomic mass is 9.95. The molecule has 5 nitrogen and oxygen atoms in total. The first-order valence-electron chi connectivity index (χ1n) is 10.2. The van der Waals surface area contributed by atoms with Crippen molar-refractivity contribution in [1.29, 1.82) is 0 Å². The Morgan fingerprint density at radius 1 is 1.10 bits per heavy atom.